The number of nitriles is 1. The number of nitrogens with zero attached hydrogens (tertiary/aromatic N) is 1. The second kappa shape index (κ2) is 6.88. The largest absolute Gasteiger partial charge is 0.315 e. The lowest BCUT2D eigenvalue weighted by molar-refractivity contribution is 0.735. The summed E-state index contributed by atoms with van der Waals surface area (Å²) in [4.78, 5) is 0. The lowest BCUT2D eigenvalue weighted by atomic mass is 10.5. The molecule has 46 valence electrons. The molecular weight excluding hydrogens is 119 g/mol. The molecule has 0 radical (unpaired) electrons. The number of hydrogen-bond donors (Lipinski definition) is 1. The zero-order chi connectivity index (χ0) is 6.24. The van der Waals surface area contributed by atoms with Gasteiger partial charge in [0.15, 0.2) is 0 Å². The highest BCUT2D eigenvalue weighted by molar-refractivity contribution is 7.16. The van der Waals surface area contributed by atoms with Gasteiger partial charge in [0.05, 0.1) is 6.07 Å². The SMILES string of the molecule is N#CCCNCCP. The van der Waals surface area contributed by atoms with Crippen LogP contribution in [-0.4, -0.2) is 19.3 Å². The van der Waals surface area contributed by atoms with Gasteiger partial charge in [-0.15, -0.1) is 9.24 Å². The van der Waals surface area contributed by atoms with E-state index in [-0.39, 0.29) is 0 Å². The molecule has 0 aliphatic rings. The van der Waals surface area contributed by atoms with Crippen LogP contribution in [0.5, 0.6) is 0 Å². The molecule has 0 saturated heterocycles. The van der Waals surface area contributed by atoms with Gasteiger partial charge in [0.2, 0.25) is 0 Å². The Bertz CT molecular complexity index is 77.0. The molecule has 0 aromatic rings. The van der Waals surface area contributed by atoms with Crippen molar-refractivity contribution in [2.45, 2.75) is 6.42 Å². The highest BCUT2D eigenvalue weighted by Crippen LogP contribution is 1.75. The van der Waals surface area contributed by atoms with E-state index in [1.165, 1.54) is 0 Å². The van der Waals surface area contributed by atoms with E-state index in [2.05, 4.69) is 20.6 Å². The summed E-state index contributed by atoms with van der Waals surface area (Å²) >= 11 is 0. The third-order valence-corrected chi connectivity index (χ3v) is 1.02. The van der Waals surface area contributed by atoms with Crippen molar-refractivity contribution >= 4 is 9.24 Å². The van der Waals surface area contributed by atoms with Crippen molar-refractivity contribution in [3.05, 3.63) is 0 Å². The van der Waals surface area contributed by atoms with Crippen molar-refractivity contribution in [2.75, 3.05) is 19.3 Å². The molecule has 0 saturated carbocycles. The van der Waals surface area contributed by atoms with E-state index >= 15 is 0 Å². The van der Waals surface area contributed by atoms with Crippen molar-refractivity contribution in [1.82, 2.24) is 5.32 Å². The van der Waals surface area contributed by atoms with Crippen molar-refractivity contribution < 1.29 is 0 Å². The number of rotatable bonds is 4. The van der Waals surface area contributed by atoms with Crippen LogP contribution in [0.2, 0.25) is 0 Å². The quantitative estimate of drug-likeness (QED) is 0.440. The zero-order valence-electron chi connectivity index (χ0n) is 4.85. The van der Waals surface area contributed by atoms with Gasteiger partial charge in [-0.3, -0.25) is 0 Å². The average molecular weight is 130 g/mol. The Morgan fingerprint density at radius 3 is 2.75 bits per heavy atom. The Hall–Kier alpha value is -0.120. The van der Waals surface area contributed by atoms with Crippen molar-refractivity contribution in [3.63, 3.8) is 0 Å². The maximum Gasteiger partial charge on any atom is 0.0635 e. The van der Waals surface area contributed by atoms with Crippen LogP contribution in [0.1, 0.15) is 6.42 Å². The number of hydrogen-bond acceptors (Lipinski definition) is 2. The average Bonchev–Trinajstić information content (AvgIpc) is 1.81. The maximum atomic E-state index is 8.07. The van der Waals surface area contributed by atoms with E-state index in [1.54, 1.807) is 0 Å². The summed E-state index contributed by atoms with van der Waals surface area (Å²) in [6.07, 6.45) is 1.68. The van der Waals surface area contributed by atoms with Crippen LogP contribution in [0.25, 0.3) is 0 Å². The van der Waals surface area contributed by atoms with E-state index in [9.17, 15) is 0 Å². The fraction of sp³-hybridized carbons (Fsp3) is 0.800. The standard InChI is InChI=1S/C5H11N2P/c6-2-1-3-7-4-5-8/h7H,1,3-5,8H2. The van der Waals surface area contributed by atoms with Crippen molar-refractivity contribution in [1.29, 1.82) is 5.26 Å². The van der Waals surface area contributed by atoms with Crippen molar-refractivity contribution in [3.8, 4) is 6.07 Å². The molecule has 0 aromatic carbocycles. The summed E-state index contributed by atoms with van der Waals surface area (Å²) in [6, 6.07) is 2.06. The highest BCUT2D eigenvalue weighted by atomic mass is 31.0. The van der Waals surface area contributed by atoms with Crippen LogP contribution in [0.3, 0.4) is 0 Å². The second-order valence-corrected chi connectivity index (χ2v) is 2.02. The molecule has 0 aromatic heterocycles. The molecule has 0 bridgehead atoms. The van der Waals surface area contributed by atoms with E-state index in [0.717, 1.165) is 19.3 Å². The van der Waals surface area contributed by atoms with Crippen LogP contribution in [0.4, 0.5) is 0 Å². The molecule has 0 amide bonds. The molecule has 2 nitrogen and oxygen atoms in total. The van der Waals surface area contributed by atoms with E-state index < -0.39 is 0 Å². The molecule has 1 atom stereocenters. The van der Waals surface area contributed by atoms with Crippen LogP contribution in [0, 0.1) is 11.3 Å². The maximum absolute atomic E-state index is 8.07. The van der Waals surface area contributed by atoms with Gasteiger partial charge in [-0.1, -0.05) is 0 Å². The fourth-order valence-electron chi connectivity index (χ4n) is 0.371. The summed E-state index contributed by atoms with van der Waals surface area (Å²) in [5, 5.41) is 11.2. The molecule has 3 heteroatoms. The van der Waals surface area contributed by atoms with Gasteiger partial charge in [0.1, 0.15) is 0 Å². The molecule has 8 heavy (non-hydrogen) atoms. The summed E-state index contributed by atoms with van der Waals surface area (Å²) in [6.45, 7) is 1.82. The summed E-state index contributed by atoms with van der Waals surface area (Å²) in [5.74, 6) is 0. The summed E-state index contributed by atoms with van der Waals surface area (Å²) in [7, 11) is 2.62. The first-order valence-electron chi connectivity index (χ1n) is 2.69. The smallest absolute Gasteiger partial charge is 0.0635 e. The van der Waals surface area contributed by atoms with Crippen LogP contribution in [-0.2, 0) is 0 Å². The topological polar surface area (TPSA) is 35.8 Å². The lowest BCUT2D eigenvalue weighted by Gasteiger charge is -1.94. The Labute approximate surface area is 52.5 Å². The first-order chi connectivity index (χ1) is 3.91. The number of nitrogens with one attached hydrogen (secondary N) is 1. The van der Waals surface area contributed by atoms with Gasteiger partial charge in [0.25, 0.3) is 0 Å². The Balaban J connectivity index is 2.65. The molecular formula is C5H11N2P. The molecule has 0 fully saturated rings. The van der Waals surface area contributed by atoms with E-state index in [1.807, 2.05) is 0 Å². The molecule has 1 N–H and O–H groups in total. The zero-order valence-corrected chi connectivity index (χ0v) is 6.01. The molecule has 0 spiro atoms. The van der Waals surface area contributed by atoms with Gasteiger partial charge in [-0.2, -0.15) is 5.26 Å². The van der Waals surface area contributed by atoms with Gasteiger partial charge in [-0.05, 0) is 12.7 Å². The van der Waals surface area contributed by atoms with E-state index in [0.29, 0.717) is 6.42 Å². The minimum absolute atomic E-state index is 0.616. The van der Waals surface area contributed by atoms with Crippen LogP contribution < -0.4 is 5.32 Å². The molecule has 0 heterocycles. The predicted molar refractivity (Wildman–Crippen MR) is 37.7 cm³/mol. The van der Waals surface area contributed by atoms with Gasteiger partial charge in [-0.25, -0.2) is 0 Å². The van der Waals surface area contributed by atoms with Gasteiger partial charge in [0, 0.05) is 13.0 Å². The monoisotopic (exact) mass is 130 g/mol. The fourth-order valence-corrected chi connectivity index (χ4v) is 0.575. The molecule has 0 rings (SSSR count). The van der Waals surface area contributed by atoms with E-state index in [4.69, 9.17) is 5.26 Å². The Morgan fingerprint density at radius 2 is 2.25 bits per heavy atom. The molecule has 1 unspecified atom stereocenters. The second-order valence-electron chi connectivity index (χ2n) is 1.45. The third kappa shape index (κ3) is 5.88. The molecule has 0 aliphatic heterocycles. The van der Waals surface area contributed by atoms with Crippen LogP contribution >= 0.6 is 9.24 Å². The minimum Gasteiger partial charge on any atom is -0.315 e. The van der Waals surface area contributed by atoms with Crippen LogP contribution in [0.15, 0.2) is 0 Å². The summed E-state index contributed by atoms with van der Waals surface area (Å²) < 4.78 is 0. The first kappa shape index (κ1) is 7.88. The normalized spacial score (nSPS) is 8.50. The van der Waals surface area contributed by atoms with Gasteiger partial charge < -0.3 is 5.32 Å². The lowest BCUT2D eigenvalue weighted by Crippen LogP contribution is -2.16. The summed E-state index contributed by atoms with van der Waals surface area (Å²) in [5.41, 5.74) is 0. The Kier molecular flexibility index (Phi) is 6.78. The Morgan fingerprint density at radius 1 is 1.50 bits per heavy atom. The minimum atomic E-state index is 0.616. The highest BCUT2D eigenvalue weighted by Gasteiger charge is 1.80. The first-order valence-corrected chi connectivity index (χ1v) is 3.51. The predicted octanol–water partition coefficient (Wildman–Crippen LogP) is 0.365. The van der Waals surface area contributed by atoms with Gasteiger partial charge >= 0.3 is 0 Å². The van der Waals surface area contributed by atoms with Crippen molar-refractivity contribution in [2.24, 2.45) is 0 Å². The third-order valence-electron chi connectivity index (χ3n) is 0.735. The molecule has 0 aliphatic carbocycles.